The first-order chi connectivity index (χ1) is 8.46. The first-order valence-electron chi connectivity index (χ1n) is 5.73. The summed E-state index contributed by atoms with van der Waals surface area (Å²) in [6.07, 6.45) is 0. The Kier molecular flexibility index (Phi) is 4.09. The maximum atomic E-state index is 5.89. The van der Waals surface area contributed by atoms with Crippen LogP contribution in [0, 0.1) is 0 Å². The average molecular weight is 283 g/mol. The van der Waals surface area contributed by atoms with Crippen LogP contribution in [0.2, 0.25) is 0 Å². The summed E-state index contributed by atoms with van der Waals surface area (Å²) < 4.78 is 5.65. The molecule has 0 saturated carbocycles. The normalized spacial score (nSPS) is 12.2. The van der Waals surface area contributed by atoms with Gasteiger partial charge >= 0.3 is 0 Å². The van der Waals surface area contributed by atoms with E-state index in [2.05, 4.69) is 9.97 Å². The quantitative estimate of drug-likeness (QED) is 0.530. The molecule has 0 bridgehead atoms. The van der Waals surface area contributed by atoms with Crippen molar-refractivity contribution in [2.24, 2.45) is 0 Å². The van der Waals surface area contributed by atoms with Gasteiger partial charge in [-0.05, 0) is 32.2 Å². The summed E-state index contributed by atoms with van der Waals surface area (Å²) >= 11 is 3.16. The van der Waals surface area contributed by atoms with Crippen LogP contribution in [0.25, 0.3) is 10.2 Å². The van der Waals surface area contributed by atoms with Gasteiger partial charge in [-0.25, -0.2) is 9.97 Å². The maximum absolute atomic E-state index is 5.89. The van der Waals surface area contributed by atoms with Gasteiger partial charge in [0.1, 0.15) is 10.6 Å². The Morgan fingerprint density at radius 1 is 1.39 bits per heavy atom. The summed E-state index contributed by atoms with van der Waals surface area (Å²) in [6, 6.07) is 1.95. The van der Waals surface area contributed by atoms with Crippen LogP contribution < -0.4 is 5.73 Å². The molecule has 0 unspecified atom stereocenters. The molecule has 2 heterocycles. The number of fused-ring (bicyclic) bond motifs is 1. The number of ether oxygens (including phenoxy) is 1. The van der Waals surface area contributed by atoms with E-state index in [0.29, 0.717) is 12.4 Å². The number of nitrogens with two attached hydrogens (primary N) is 1. The highest BCUT2D eigenvalue weighted by atomic mass is 32.2. The van der Waals surface area contributed by atoms with Crippen molar-refractivity contribution in [3.05, 3.63) is 11.4 Å². The Bertz CT molecular complexity index is 534. The Balaban J connectivity index is 1.95. The smallest absolute Gasteiger partial charge is 0.190 e. The van der Waals surface area contributed by atoms with E-state index in [1.165, 1.54) is 0 Å². The van der Waals surface area contributed by atoms with Crippen molar-refractivity contribution in [1.82, 2.24) is 9.97 Å². The predicted octanol–water partition coefficient (Wildman–Crippen LogP) is 3.18. The minimum Gasteiger partial charge on any atom is -0.383 e. The van der Waals surface area contributed by atoms with Gasteiger partial charge in [-0.15, -0.1) is 11.3 Å². The Hall–Kier alpha value is -0.850. The number of nitrogens with zero attached hydrogens (tertiary/aromatic N) is 2. The third-order valence-electron chi connectivity index (χ3n) is 2.18. The van der Waals surface area contributed by atoms with E-state index in [9.17, 15) is 0 Å². The summed E-state index contributed by atoms with van der Waals surface area (Å²) in [7, 11) is 0. The molecule has 2 N–H and O–H groups in total. The van der Waals surface area contributed by atoms with Crippen LogP contribution in [0.1, 0.15) is 20.8 Å². The number of thiophene rings is 1. The maximum Gasteiger partial charge on any atom is 0.190 e. The van der Waals surface area contributed by atoms with Crippen LogP contribution in [0.4, 0.5) is 5.82 Å². The van der Waals surface area contributed by atoms with Crippen molar-refractivity contribution in [2.75, 3.05) is 18.1 Å². The van der Waals surface area contributed by atoms with Crippen molar-refractivity contribution < 1.29 is 4.74 Å². The third-order valence-corrected chi connectivity index (χ3v) is 3.80. The van der Waals surface area contributed by atoms with Gasteiger partial charge in [0.25, 0.3) is 0 Å². The topological polar surface area (TPSA) is 61.0 Å². The van der Waals surface area contributed by atoms with E-state index in [4.69, 9.17) is 10.5 Å². The lowest BCUT2D eigenvalue weighted by atomic mass is 10.2. The summed E-state index contributed by atoms with van der Waals surface area (Å²) in [6.45, 7) is 6.82. The number of anilines is 1. The lowest BCUT2D eigenvalue weighted by Gasteiger charge is -2.18. The van der Waals surface area contributed by atoms with Crippen LogP contribution in [-0.2, 0) is 4.74 Å². The number of aromatic nitrogens is 2. The third kappa shape index (κ3) is 3.57. The summed E-state index contributed by atoms with van der Waals surface area (Å²) in [5.41, 5.74) is 5.79. The molecule has 2 aromatic heterocycles. The molecule has 0 radical (unpaired) electrons. The van der Waals surface area contributed by atoms with Crippen molar-refractivity contribution in [1.29, 1.82) is 0 Å². The molecule has 0 aromatic carbocycles. The number of hydrogen-bond acceptors (Lipinski definition) is 6. The fourth-order valence-corrected chi connectivity index (χ4v) is 2.90. The van der Waals surface area contributed by atoms with Crippen molar-refractivity contribution in [2.45, 2.75) is 31.5 Å². The van der Waals surface area contributed by atoms with Gasteiger partial charge in [0.2, 0.25) is 0 Å². The first kappa shape index (κ1) is 13.6. The molecule has 0 saturated heterocycles. The monoisotopic (exact) mass is 283 g/mol. The molecule has 0 amide bonds. The van der Waals surface area contributed by atoms with E-state index in [0.717, 1.165) is 21.1 Å². The number of nitrogen functional groups attached to an aromatic ring is 1. The standard InChI is InChI=1S/C12H17N3OS2/c1-12(2,3)16-5-7-18-11-14-9(13)8-4-6-17-10(8)15-11/h4,6H,5,7H2,1-3H3,(H2,13,14,15). The zero-order chi connectivity index (χ0) is 13.2. The first-order valence-corrected chi connectivity index (χ1v) is 7.60. The van der Waals surface area contributed by atoms with Gasteiger partial charge in [-0.3, -0.25) is 0 Å². The molecule has 4 nitrogen and oxygen atoms in total. The second kappa shape index (κ2) is 5.42. The second-order valence-corrected chi connectivity index (χ2v) is 6.80. The fourth-order valence-electron chi connectivity index (χ4n) is 1.40. The number of rotatable bonds is 4. The zero-order valence-electron chi connectivity index (χ0n) is 10.8. The minimum atomic E-state index is -0.0991. The van der Waals surface area contributed by atoms with E-state index < -0.39 is 0 Å². The molecule has 6 heteroatoms. The van der Waals surface area contributed by atoms with E-state index in [1.54, 1.807) is 23.1 Å². The van der Waals surface area contributed by atoms with Crippen molar-refractivity contribution in [3.8, 4) is 0 Å². The minimum absolute atomic E-state index is 0.0991. The average Bonchev–Trinajstić information content (AvgIpc) is 2.71. The molecule has 2 rings (SSSR count). The summed E-state index contributed by atoms with van der Waals surface area (Å²) in [5, 5.41) is 3.64. The molecule has 0 aliphatic heterocycles. The largest absolute Gasteiger partial charge is 0.383 e. The molecule has 0 fully saturated rings. The van der Waals surface area contributed by atoms with Crippen LogP contribution in [0.15, 0.2) is 16.6 Å². The second-order valence-electron chi connectivity index (χ2n) is 4.84. The molecule has 98 valence electrons. The highest BCUT2D eigenvalue weighted by Crippen LogP contribution is 2.26. The predicted molar refractivity (Wildman–Crippen MR) is 78.3 cm³/mol. The lowest BCUT2D eigenvalue weighted by molar-refractivity contribution is 0.00693. The van der Waals surface area contributed by atoms with Crippen LogP contribution >= 0.6 is 23.1 Å². The molecule has 2 aromatic rings. The van der Waals surface area contributed by atoms with Crippen LogP contribution in [0.5, 0.6) is 0 Å². The summed E-state index contributed by atoms with van der Waals surface area (Å²) in [5.74, 6) is 1.38. The lowest BCUT2D eigenvalue weighted by Crippen LogP contribution is -2.20. The van der Waals surface area contributed by atoms with Gasteiger partial charge in [0, 0.05) is 5.75 Å². The van der Waals surface area contributed by atoms with Gasteiger partial charge in [0.15, 0.2) is 5.16 Å². The highest BCUT2D eigenvalue weighted by Gasteiger charge is 2.10. The number of hydrogen-bond donors (Lipinski definition) is 1. The fraction of sp³-hybridized carbons (Fsp3) is 0.500. The van der Waals surface area contributed by atoms with Crippen LogP contribution in [-0.4, -0.2) is 27.9 Å². The molecule has 0 atom stereocenters. The van der Waals surface area contributed by atoms with E-state index >= 15 is 0 Å². The Morgan fingerprint density at radius 2 is 2.17 bits per heavy atom. The van der Waals surface area contributed by atoms with Gasteiger partial charge in [0.05, 0.1) is 17.6 Å². The molecular weight excluding hydrogens is 266 g/mol. The zero-order valence-corrected chi connectivity index (χ0v) is 12.4. The van der Waals surface area contributed by atoms with Crippen LogP contribution in [0.3, 0.4) is 0 Å². The molecule has 18 heavy (non-hydrogen) atoms. The van der Waals surface area contributed by atoms with Crippen molar-refractivity contribution >= 4 is 39.1 Å². The van der Waals surface area contributed by atoms with E-state index in [-0.39, 0.29) is 5.60 Å². The SMILES string of the molecule is CC(C)(C)OCCSc1nc(N)c2ccsc2n1. The van der Waals surface area contributed by atoms with E-state index in [1.807, 2.05) is 32.2 Å². The molecule has 0 spiro atoms. The van der Waals surface area contributed by atoms with Crippen molar-refractivity contribution in [3.63, 3.8) is 0 Å². The van der Waals surface area contributed by atoms with Gasteiger partial charge in [-0.1, -0.05) is 11.8 Å². The number of thioether (sulfide) groups is 1. The molecule has 0 aliphatic carbocycles. The Labute approximate surface area is 115 Å². The Morgan fingerprint density at radius 3 is 2.89 bits per heavy atom. The summed E-state index contributed by atoms with van der Waals surface area (Å²) in [4.78, 5) is 9.70. The van der Waals surface area contributed by atoms with Gasteiger partial charge < -0.3 is 10.5 Å². The molecular formula is C12H17N3OS2. The highest BCUT2D eigenvalue weighted by molar-refractivity contribution is 7.99. The van der Waals surface area contributed by atoms with Gasteiger partial charge in [-0.2, -0.15) is 0 Å². The molecule has 0 aliphatic rings.